The van der Waals surface area contributed by atoms with Crippen molar-refractivity contribution in [3.8, 4) is 5.75 Å². The Morgan fingerprint density at radius 3 is 2.43 bits per heavy atom. The van der Waals surface area contributed by atoms with E-state index in [9.17, 15) is 13.2 Å². The lowest BCUT2D eigenvalue weighted by molar-refractivity contribution is 0.0450. The van der Waals surface area contributed by atoms with Crippen molar-refractivity contribution in [3.63, 3.8) is 0 Å². The van der Waals surface area contributed by atoms with Crippen LogP contribution in [-0.2, 0) is 14.8 Å². The van der Waals surface area contributed by atoms with Crippen LogP contribution in [0.3, 0.4) is 0 Å². The highest BCUT2D eigenvalue weighted by molar-refractivity contribution is 7.89. The standard InChI is InChI=1S/C20H22ClNO5S/c1-15-4-7-17(8-5-15)26-12-13-27-20(23)16-6-9-18(21)19(14-16)28(24,25)22-10-2-3-11-22/h4-9,14H,2-3,10-13H2,1H3. The molecular weight excluding hydrogens is 402 g/mol. The summed E-state index contributed by atoms with van der Waals surface area (Å²) in [7, 11) is -3.72. The maximum absolute atomic E-state index is 12.7. The van der Waals surface area contributed by atoms with E-state index in [1.54, 1.807) is 0 Å². The highest BCUT2D eigenvalue weighted by Crippen LogP contribution is 2.28. The summed E-state index contributed by atoms with van der Waals surface area (Å²) in [6, 6.07) is 11.7. The molecule has 2 aromatic rings. The summed E-state index contributed by atoms with van der Waals surface area (Å²) in [4.78, 5) is 12.2. The summed E-state index contributed by atoms with van der Waals surface area (Å²) in [5.41, 5.74) is 1.26. The molecule has 0 aromatic heterocycles. The zero-order valence-corrected chi connectivity index (χ0v) is 17.1. The van der Waals surface area contributed by atoms with E-state index >= 15 is 0 Å². The Morgan fingerprint density at radius 2 is 1.75 bits per heavy atom. The third-order valence-electron chi connectivity index (χ3n) is 4.46. The van der Waals surface area contributed by atoms with Crippen molar-refractivity contribution in [2.75, 3.05) is 26.3 Å². The van der Waals surface area contributed by atoms with Gasteiger partial charge in [-0.1, -0.05) is 29.3 Å². The van der Waals surface area contributed by atoms with Crippen LogP contribution in [0.4, 0.5) is 0 Å². The van der Waals surface area contributed by atoms with E-state index in [1.807, 2.05) is 31.2 Å². The Morgan fingerprint density at radius 1 is 1.07 bits per heavy atom. The second kappa shape index (κ2) is 8.94. The highest BCUT2D eigenvalue weighted by Gasteiger charge is 2.29. The molecule has 6 nitrogen and oxygen atoms in total. The van der Waals surface area contributed by atoms with E-state index in [0.717, 1.165) is 18.4 Å². The quantitative estimate of drug-likeness (QED) is 0.502. The number of aryl methyl sites for hydroxylation is 1. The van der Waals surface area contributed by atoms with Gasteiger partial charge in [-0.05, 0) is 50.1 Å². The van der Waals surface area contributed by atoms with E-state index in [-0.39, 0.29) is 28.7 Å². The van der Waals surface area contributed by atoms with Crippen LogP contribution in [0, 0.1) is 6.92 Å². The van der Waals surface area contributed by atoms with Crippen molar-refractivity contribution < 1.29 is 22.7 Å². The Hall–Kier alpha value is -2.09. The summed E-state index contributed by atoms with van der Waals surface area (Å²) in [5.74, 6) is 0.0641. The van der Waals surface area contributed by atoms with Crippen molar-refractivity contribution in [3.05, 3.63) is 58.6 Å². The number of nitrogens with zero attached hydrogens (tertiary/aromatic N) is 1. The lowest BCUT2D eigenvalue weighted by Gasteiger charge is -2.17. The van der Waals surface area contributed by atoms with Crippen molar-refractivity contribution in [2.24, 2.45) is 0 Å². The minimum absolute atomic E-state index is 0.0452. The van der Waals surface area contributed by atoms with Gasteiger partial charge >= 0.3 is 5.97 Å². The monoisotopic (exact) mass is 423 g/mol. The first-order valence-electron chi connectivity index (χ1n) is 9.04. The van der Waals surface area contributed by atoms with Gasteiger partial charge in [-0.2, -0.15) is 4.31 Å². The van der Waals surface area contributed by atoms with Gasteiger partial charge in [-0.3, -0.25) is 0 Å². The number of carbonyl (C=O) groups excluding carboxylic acids is 1. The number of benzene rings is 2. The molecule has 1 saturated heterocycles. The molecule has 0 saturated carbocycles. The van der Waals surface area contributed by atoms with Crippen molar-refractivity contribution in [1.29, 1.82) is 0 Å². The number of sulfonamides is 1. The fourth-order valence-corrected chi connectivity index (χ4v) is 4.92. The van der Waals surface area contributed by atoms with Gasteiger partial charge < -0.3 is 9.47 Å². The Labute approximate surface area is 170 Å². The van der Waals surface area contributed by atoms with Gasteiger partial charge in [0.25, 0.3) is 0 Å². The molecule has 1 fully saturated rings. The first-order valence-corrected chi connectivity index (χ1v) is 10.9. The molecule has 0 unspecified atom stereocenters. The molecule has 0 atom stereocenters. The van der Waals surface area contributed by atoms with Crippen LogP contribution in [0.15, 0.2) is 47.4 Å². The zero-order valence-electron chi connectivity index (χ0n) is 15.6. The van der Waals surface area contributed by atoms with Crippen LogP contribution in [0.2, 0.25) is 5.02 Å². The lowest BCUT2D eigenvalue weighted by Crippen LogP contribution is -2.28. The minimum Gasteiger partial charge on any atom is -0.490 e. The maximum atomic E-state index is 12.7. The molecule has 0 spiro atoms. The van der Waals surface area contributed by atoms with Gasteiger partial charge in [-0.15, -0.1) is 0 Å². The minimum atomic E-state index is -3.72. The first-order chi connectivity index (χ1) is 13.4. The molecule has 0 amide bonds. The van der Waals surface area contributed by atoms with Gasteiger partial charge in [0.15, 0.2) is 0 Å². The summed E-state index contributed by atoms with van der Waals surface area (Å²) in [6.07, 6.45) is 1.64. The Balaban J connectivity index is 1.61. The van der Waals surface area contributed by atoms with Crippen LogP contribution < -0.4 is 4.74 Å². The predicted octanol–water partition coefficient (Wildman–Crippen LogP) is 3.67. The van der Waals surface area contributed by atoms with Crippen LogP contribution in [0.5, 0.6) is 5.75 Å². The van der Waals surface area contributed by atoms with E-state index in [1.165, 1.54) is 22.5 Å². The summed E-state index contributed by atoms with van der Waals surface area (Å²) >= 11 is 6.09. The zero-order chi connectivity index (χ0) is 20.1. The fraction of sp³-hybridized carbons (Fsp3) is 0.350. The van der Waals surface area contributed by atoms with Gasteiger partial charge in [-0.25, -0.2) is 13.2 Å². The van der Waals surface area contributed by atoms with E-state index in [0.29, 0.717) is 18.8 Å². The van der Waals surface area contributed by atoms with Crippen molar-refractivity contribution in [1.82, 2.24) is 4.31 Å². The van der Waals surface area contributed by atoms with Crippen molar-refractivity contribution >= 4 is 27.6 Å². The number of hydrogen-bond donors (Lipinski definition) is 0. The molecule has 150 valence electrons. The maximum Gasteiger partial charge on any atom is 0.338 e. The average Bonchev–Trinajstić information content (AvgIpc) is 3.22. The number of ether oxygens (including phenoxy) is 2. The first kappa shape index (κ1) is 20.6. The molecular formula is C20H22ClNO5S. The van der Waals surface area contributed by atoms with E-state index in [4.69, 9.17) is 21.1 Å². The number of carbonyl (C=O) groups is 1. The van der Waals surface area contributed by atoms with Gasteiger partial charge in [0.05, 0.1) is 10.6 Å². The van der Waals surface area contributed by atoms with Crippen LogP contribution >= 0.6 is 11.6 Å². The summed E-state index contributed by atoms with van der Waals surface area (Å²) in [6.45, 7) is 3.15. The number of esters is 1. The second-order valence-electron chi connectivity index (χ2n) is 6.55. The number of hydrogen-bond acceptors (Lipinski definition) is 5. The van der Waals surface area contributed by atoms with E-state index < -0.39 is 16.0 Å². The Bertz CT molecular complexity index is 938. The predicted molar refractivity (Wildman–Crippen MR) is 106 cm³/mol. The number of rotatable bonds is 7. The van der Waals surface area contributed by atoms with Crippen LogP contribution in [0.1, 0.15) is 28.8 Å². The molecule has 1 aliphatic rings. The molecule has 2 aromatic carbocycles. The van der Waals surface area contributed by atoms with Crippen LogP contribution in [-0.4, -0.2) is 45.0 Å². The molecule has 28 heavy (non-hydrogen) atoms. The van der Waals surface area contributed by atoms with Crippen molar-refractivity contribution in [2.45, 2.75) is 24.7 Å². The third-order valence-corrected chi connectivity index (χ3v) is 6.84. The molecule has 1 aliphatic heterocycles. The number of halogens is 1. The van der Waals surface area contributed by atoms with E-state index in [2.05, 4.69) is 0 Å². The highest BCUT2D eigenvalue weighted by atomic mass is 35.5. The smallest absolute Gasteiger partial charge is 0.338 e. The van der Waals surface area contributed by atoms with Crippen LogP contribution in [0.25, 0.3) is 0 Å². The molecule has 0 aliphatic carbocycles. The fourth-order valence-electron chi connectivity index (χ4n) is 2.91. The third kappa shape index (κ3) is 4.84. The van der Waals surface area contributed by atoms with Gasteiger partial charge in [0, 0.05) is 13.1 Å². The molecule has 0 bridgehead atoms. The normalized spacial score (nSPS) is 14.8. The van der Waals surface area contributed by atoms with Gasteiger partial charge in [0.2, 0.25) is 10.0 Å². The molecule has 8 heteroatoms. The largest absolute Gasteiger partial charge is 0.490 e. The molecule has 0 N–H and O–H groups in total. The average molecular weight is 424 g/mol. The molecule has 1 heterocycles. The molecule has 0 radical (unpaired) electrons. The summed E-state index contributed by atoms with van der Waals surface area (Å²) in [5, 5.41) is 0.0890. The van der Waals surface area contributed by atoms with Gasteiger partial charge in [0.1, 0.15) is 23.9 Å². The Kier molecular flexibility index (Phi) is 6.59. The summed E-state index contributed by atoms with van der Waals surface area (Å²) < 4.78 is 37.6. The topological polar surface area (TPSA) is 72.9 Å². The molecule has 3 rings (SSSR count). The lowest BCUT2D eigenvalue weighted by atomic mass is 10.2. The second-order valence-corrected chi connectivity index (χ2v) is 8.87. The SMILES string of the molecule is Cc1ccc(OCCOC(=O)c2ccc(Cl)c(S(=O)(=O)N3CCCC3)c2)cc1.